The van der Waals surface area contributed by atoms with Gasteiger partial charge >= 0.3 is 0 Å². The van der Waals surface area contributed by atoms with Crippen LogP contribution in [0.5, 0.6) is 11.5 Å². The minimum absolute atomic E-state index is 0.0297. The molecule has 3 aromatic carbocycles. The van der Waals surface area contributed by atoms with Crippen molar-refractivity contribution in [2.45, 2.75) is 18.6 Å². The fourth-order valence-electron chi connectivity index (χ4n) is 4.11. The van der Waals surface area contributed by atoms with Crippen molar-refractivity contribution in [1.29, 1.82) is 0 Å². The van der Waals surface area contributed by atoms with Gasteiger partial charge in [-0.3, -0.25) is 4.79 Å². The zero-order valence-electron chi connectivity index (χ0n) is 20.9. The predicted molar refractivity (Wildman–Crippen MR) is 145 cm³/mol. The van der Waals surface area contributed by atoms with Crippen LogP contribution in [0.3, 0.4) is 0 Å². The number of methoxy groups -OCH3 is 2. The summed E-state index contributed by atoms with van der Waals surface area (Å²) in [7, 11) is 3.19. The number of thioether (sulfide) groups is 1. The van der Waals surface area contributed by atoms with E-state index in [-0.39, 0.29) is 11.7 Å². The molecule has 0 atom stereocenters. The maximum atomic E-state index is 13.2. The highest BCUT2D eigenvalue weighted by molar-refractivity contribution is 7.99. The van der Waals surface area contributed by atoms with E-state index < -0.39 is 0 Å². The number of amides is 1. The number of carbonyl (C=O) groups is 1. The number of hydrogen-bond acceptors (Lipinski definition) is 7. The first-order chi connectivity index (χ1) is 18.1. The van der Waals surface area contributed by atoms with Crippen LogP contribution < -0.4 is 9.47 Å². The lowest BCUT2D eigenvalue weighted by atomic mass is 10.2. The zero-order chi connectivity index (χ0) is 25.8. The largest absolute Gasteiger partial charge is 0.493 e. The molecule has 0 saturated heterocycles. The molecule has 0 fully saturated rings. The second-order valence-corrected chi connectivity index (χ2v) is 9.28. The van der Waals surface area contributed by atoms with Crippen LogP contribution in [0.1, 0.15) is 12.5 Å². The summed E-state index contributed by atoms with van der Waals surface area (Å²) in [6.07, 6.45) is 0. The first-order valence-corrected chi connectivity index (χ1v) is 12.9. The fourth-order valence-corrected chi connectivity index (χ4v) is 4.96. The molecule has 0 saturated carbocycles. The second kappa shape index (κ2) is 10.9. The Bertz CT molecular complexity index is 1540. The highest BCUT2D eigenvalue weighted by Crippen LogP contribution is 2.35. The number of carbonyl (C=O) groups excluding carboxylic acids is 1. The van der Waals surface area contributed by atoms with Crippen LogP contribution in [0.25, 0.3) is 27.9 Å². The van der Waals surface area contributed by atoms with E-state index in [9.17, 15) is 4.79 Å². The Morgan fingerprint density at radius 2 is 1.62 bits per heavy atom. The van der Waals surface area contributed by atoms with Crippen molar-refractivity contribution in [3.63, 3.8) is 0 Å². The zero-order valence-corrected chi connectivity index (χ0v) is 21.7. The summed E-state index contributed by atoms with van der Waals surface area (Å²) in [6.45, 7) is 3.17. The molecule has 0 aliphatic heterocycles. The molecule has 0 N–H and O–H groups in total. The van der Waals surface area contributed by atoms with Gasteiger partial charge in [-0.25, -0.2) is 9.97 Å². The number of ether oxygens (including phenoxy) is 2. The summed E-state index contributed by atoms with van der Waals surface area (Å²) in [6, 6.07) is 23.5. The van der Waals surface area contributed by atoms with E-state index in [0.717, 1.165) is 16.5 Å². The Kier molecular flexibility index (Phi) is 7.23. The number of aromatic nitrogens is 4. The van der Waals surface area contributed by atoms with E-state index in [4.69, 9.17) is 24.5 Å². The molecule has 0 radical (unpaired) electrons. The minimum Gasteiger partial charge on any atom is -0.493 e. The summed E-state index contributed by atoms with van der Waals surface area (Å²) in [5.74, 6) is 1.99. The molecule has 5 aromatic rings. The first kappa shape index (κ1) is 24.6. The Labute approximate surface area is 219 Å². The SMILES string of the molecule is CCN(Cc1ccccc1)C(=O)CSc1nc2cc(OC)c(OC)cc2c2nc(-c3ccccc3)nn12. The molecule has 0 aliphatic rings. The molecule has 188 valence electrons. The summed E-state index contributed by atoms with van der Waals surface area (Å²) in [5.41, 5.74) is 3.31. The number of benzene rings is 3. The van der Waals surface area contributed by atoms with Crippen molar-refractivity contribution in [3.05, 3.63) is 78.4 Å². The Morgan fingerprint density at radius 1 is 0.946 bits per heavy atom. The molecule has 0 aliphatic carbocycles. The molecule has 2 heterocycles. The van der Waals surface area contributed by atoms with Gasteiger partial charge in [0.25, 0.3) is 0 Å². The topological polar surface area (TPSA) is 81.9 Å². The first-order valence-electron chi connectivity index (χ1n) is 11.9. The average Bonchev–Trinajstić information content (AvgIpc) is 3.41. The Balaban J connectivity index is 1.53. The van der Waals surface area contributed by atoms with E-state index in [1.165, 1.54) is 11.8 Å². The van der Waals surface area contributed by atoms with Crippen molar-refractivity contribution in [1.82, 2.24) is 24.5 Å². The standard InChI is InChI=1S/C28H27N5O3S/c1-4-32(17-19-11-7-5-8-12-19)25(34)18-37-28-29-22-16-24(36-3)23(35-2)15-21(22)27-30-26(31-33(27)28)20-13-9-6-10-14-20/h5-16H,4,17-18H2,1-3H3. The van der Waals surface area contributed by atoms with Gasteiger partial charge in [-0.05, 0) is 18.6 Å². The van der Waals surface area contributed by atoms with Gasteiger partial charge in [0.15, 0.2) is 28.1 Å². The quantitative estimate of drug-likeness (QED) is 0.200. The van der Waals surface area contributed by atoms with E-state index >= 15 is 0 Å². The highest BCUT2D eigenvalue weighted by atomic mass is 32.2. The molecule has 1 amide bonds. The molecule has 0 unspecified atom stereocenters. The van der Waals surface area contributed by atoms with Crippen LogP contribution in [0.4, 0.5) is 0 Å². The third-order valence-electron chi connectivity index (χ3n) is 6.05. The summed E-state index contributed by atoms with van der Waals surface area (Å²) in [5, 5.41) is 6.12. The Morgan fingerprint density at radius 3 is 2.30 bits per heavy atom. The molecular weight excluding hydrogens is 486 g/mol. The smallest absolute Gasteiger partial charge is 0.233 e. The third kappa shape index (κ3) is 5.08. The van der Waals surface area contributed by atoms with Crippen molar-refractivity contribution >= 4 is 34.2 Å². The average molecular weight is 514 g/mol. The molecule has 37 heavy (non-hydrogen) atoms. The Hall–Kier alpha value is -4.11. The van der Waals surface area contributed by atoms with E-state index in [1.807, 2.05) is 84.6 Å². The van der Waals surface area contributed by atoms with Gasteiger partial charge in [0.2, 0.25) is 5.91 Å². The van der Waals surface area contributed by atoms with Crippen molar-refractivity contribution in [2.75, 3.05) is 26.5 Å². The lowest BCUT2D eigenvalue weighted by molar-refractivity contribution is -0.128. The third-order valence-corrected chi connectivity index (χ3v) is 6.97. The lowest BCUT2D eigenvalue weighted by Gasteiger charge is -2.20. The predicted octanol–water partition coefficient (Wildman–Crippen LogP) is 5.10. The van der Waals surface area contributed by atoms with E-state index in [2.05, 4.69) is 0 Å². The van der Waals surface area contributed by atoms with Crippen LogP contribution >= 0.6 is 11.8 Å². The number of nitrogens with zero attached hydrogens (tertiary/aromatic N) is 5. The van der Waals surface area contributed by atoms with Gasteiger partial charge in [0.05, 0.1) is 25.5 Å². The monoisotopic (exact) mass is 513 g/mol. The summed E-state index contributed by atoms with van der Waals surface area (Å²) >= 11 is 1.35. The molecule has 0 bridgehead atoms. The maximum Gasteiger partial charge on any atom is 0.233 e. The minimum atomic E-state index is 0.0297. The van der Waals surface area contributed by atoms with Gasteiger partial charge < -0.3 is 14.4 Å². The van der Waals surface area contributed by atoms with Crippen molar-refractivity contribution in [2.24, 2.45) is 0 Å². The number of fused-ring (bicyclic) bond motifs is 3. The van der Waals surface area contributed by atoms with Crippen LogP contribution in [0.2, 0.25) is 0 Å². The number of hydrogen-bond donors (Lipinski definition) is 0. The fraction of sp³-hybridized carbons (Fsp3) is 0.214. The highest BCUT2D eigenvalue weighted by Gasteiger charge is 2.20. The molecule has 5 rings (SSSR count). The van der Waals surface area contributed by atoms with Crippen LogP contribution in [0.15, 0.2) is 78.0 Å². The molecule has 8 nitrogen and oxygen atoms in total. The molecule has 9 heteroatoms. The van der Waals surface area contributed by atoms with Crippen LogP contribution in [-0.2, 0) is 11.3 Å². The van der Waals surface area contributed by atoms with E-state index in [1.54, 1.807) is 18.7 Å². The maximum absolute atomic E-state index is 13.2. The van der Waals surface area contributed by atoms with Crippen LogP contribution in [-0.4, -0.2) is 56.9 Å². The van der Waals surface area contributed by atoms with Gasteiger partial charge in [-0.1, -0.05) is 72.4 Å². The summed E-state index contributed by atoms with van der Waals surface area (Å²) in [4.78, 5) is 24.7. The van der Waals surface area contributed by atoms with Gasteiger partial charge in [-0.15, -0.1) is 5.10 Å². The molecule has 2 aromatic heterocycles. The van der Waals surface area contributed by atoms with Crippen molar-refractivity contribution in [3.8, 4) is 22.9 Å². The van der Waals surface area contributed by atoms with Crippen molar-refractivity contribution < 1.29 is 14.3 Å². The summed E-state index contributed by atoms with van der Waals surface area (Å²) < 4.78 is 12.7. The number of rotatable bonds is 9. The van der Waals surface area contributed by atoms with Gasteiger partial charge in [-0.2, -0.15) is 4.52 Å². The van der Waals surface area contributed by atoms with Crippen LogP contribution in [0, 0.1) is 0 Å². The normalized spacial score (nSPS) is 11.1. The van der Waals surface area contributed by atoms with E-state index in [0.29, 0.717) is 46.7 Å². The van der Waals surface area contributed by atoms with Gasteiger partial charge in [0, 0.05) is 30.1 Å². The van der Waals surface area contributed by atoms with Gasteiger partial charge in [0.1, 0.15) is 0 Å². The molecule has 0 spiro atoms. The lowest BCUT2D eigenvalue weighted by Crippen LogP contribution is -2.31. The molecular formula is C28H27N5O3S. The second-order valence-electron chi connectivity index (χ2n) is 8.34.